The summed E-state index contributed by atoms with van der Waals surface area (Å²) in [6, 6.07) is 13.7. The summed E-state index contributed by atoms with van der Waals surface area (Å²) < 4.78 is 32.6. The lowest BCUT2D eigenvalue weighted by molar-refractivity contribution is -0.140. The predicted octanol–water partition coefficient (Wildman–Crippen LogP) is 4.73. The quantitative estimate of drug-likeness (QED) is 0.341. The van der Waals surface area contributed by atoms with Gasteiger partial charge in [0.05, 0.1) is 18.6 Å². The summed E-state index contributed by atoms with van der Waals surface area (Å²) in [6.45, 7) is 8.42. The minimum Gasteiger partial charge on any atom is -0.494 e. The van der Waals surface area contributed by atoms with Gasteiger partial charge in [-0.2, -0.15) is 0 Å². The number of hydrogen-bond donors (Lipinski definition) is 1. The first-order valence-corrected chi connectivity index (χ1v) is 15.1. The average Bonchev–Trinajstić information content (AvgIpc) is 2.84. The third kappa shape index (κ3) is 9.66. The zero-order valence-electron chi connectivity index (χ0n) is 22.2. The van der Waals surface area contributed by atoms with Gasteiger partial charge in [-0.25, -0.2) is 8.42 Å². The van der Waals surface area contributed by atoms with E-state index in [2.05, 4.69) is 21.2 Å². The van der Waals surface area contributed by atoms with Crippen molar-refractivity contribution in [3.05, 3.63) is 58.6 Å². The van der Waals surface area contributed by atoms with Gasteiger partial charge >= 0.3 is 0 Å². The van der Waals surface area contributed by atoms with Crippen LogP contribution in [0, 0.1) is 0 Å². The first-order chi connectivity index (χ1) is 17.5. The smallest absolute Gasteiger partial charge is 0.242 e. The van der Waals surface area contributed by atoms with Gasteiger partial charge in [-0.1, -0.05) is 35.0 Å². The van der Waals surface area contributed by atoms with E-state index in [0.29, 0.717) is 24.5 Å². The lowest BCUT2D eigenvalue weighted by atomic mass is 10.1. The van der Waals surface area contributed by atoms with Gasteiger partial charge in [-0.15, -0.1) is 0 Å². The molecule has 0 bridgehead atoms. The van der Waals surface area contributed by atoms with Crippen molar-refractivity contribution in [2.75, 3.05) is 23.7 Å². The molecule has 0 radical (unpaired) electrons. The molecule has 0 saturated carbocycles. The Kier molecular flexibility index (Phi) is 11.9. The van der Waals surface area contributed by atoms with E-state index >= 15 is 0 Å². The molecule has 0 fully saturated rings. The number of carbonyl (C=O) groups excluding carboxylic acids is 2. The number of nitrogens with one attached hydrogen (secondary N) is 1. The number of halogens is 1. The molecule has 2 aromatic rings. The van der Waals surface area contributed by atoms with Crippen LogP contribution in [0.3, 0.4) is 0 Å². The highest BCUT2D eigenvalue weighted by molar-refractivity contribution is 9.10. The Morgan fingerprint density at radius 2 is 1.76 bits per heavy atom. The fourth-order valence-corrected chi connectivity index (χ4v) is 5.17. The number of rotatable bonds is 14. The lowest BCUT2D eigenvalue weighted by Gasteiger charge is -2.30. The number of hydrogen-bond acceptors (Lipinski definition) is 5. The third-order valence-corrected chi connectivity index (χ3v) is 7.69. The zero-order valence-corrected chi connectivity index (χ0v) is 24.6. The summed E-state index contributed by atoms with van der Waals surface area (Å²) in [5, 5.41) is 2.95. The van der Waals surface area contributed by atoms with Gasteiger partial charge < -0.3 is 15.0 Å². The summed E-state index contributed by atoms with van der Waals surface area (Å²) in [5.74, 6) is 0.222. The van der Waals surface area contributed by atoms with Crippen LogP contribution < -0.4 is 14.4 Å². The maximum absolute atomic E-state index is 13.4. The van der Waals surface area contributed by atoms with Crippen molar-refractivity contribution < 1.29 is 22.7 Å². The van der Waals surface area contributed by atoms with Crippen molar-refractivity contribution in [1.82, 2.24) is 10.2 Å². The summed E-state index contributed by atoms with van der Waals surface area (Å²) >= 11 is 3.46. The Bertz CT molecular complexity index is 1140. The van der Waals surface area contributed by atoms with Gasteiger partial charge in [0.25, 0.3) is 0 Å². The van der Waals surface area contributed by atoms with Crippen LogP contribution in [0.5, 0.6) is 5.75 Å². The summed E-state index contributed by atoms with van der Waals surface area (Å²) in [6.07, 6.45) is 2.32. The molecule has 0 aliphatic rings. The molecule has 2 atom stereocenters. The highest BCUT2D eigenvalue weighted by atomic mass is 79.9. The first kappa shape index (κ1) is 30.6. The summed E-state index contributed by atoms with van der Waals surface area (Å²) in [7, 11) is -3.56. The van der Waals surface area contributed by atoms with Gasteiger partial charge in [0.1, 0.15) is 11.8 Å². The molecule has 0 aromatic heterocycles. The van der Waals surface area contributed by atoms with Gasteiger partial charge in [-0.3, -0.25) is 13.9 Å². The molecular formula is C27H38BrN3O5S. The lowest BCUT2D eigenvalue weighted by Crippen LogP contribution is -2.49. The van der Waals surface area contributed by atoms with Gasteiger partial charge in [-0.05, 0) is 75.6 Å². The van der Waals surface area contributed by atoms with Crippen LogP contribution in [0.2, 0.25) is 0 Å². The fourth-order valence-electron chi connectivity index (χ4n) is 3.76. The van der Waals surface area contributed by atoms with E-state index in [0.717, 1.165) is 22.7 Å². The van der Waals surface area contributed by atoms with Crippen molar-refractivity contribution in [3.8, 4) is 5.75 Å². The Labute approximate surface area is 229 Å². The number of anilines is 1. The Morgan fingerprint density at radius 1 is 1.08 bits per heavy atom. The second-order valence-corrected chi connectivity index (χ2v) is 11.8. The van der Waals surface area contributed by atoms with E-state index in [4.69, 9.17) is 4.74 Å². The van der Waals surface area contributed by atoms with Crippen LogP contribution in [0.1, 0.15) is 52.5 Å². The molecule has 0 spiro atoms. The standard InChI is InChI=1S/C27H38BrN3O5S/c1-6-20(3)29-27(33)21(4)30(19-22-10-8-11-23(28)18-22)26(32)12-9-17-31(37(5,34)35)24-13-15-25(16-14-24)36-7-2/h8,10-11,13-16,18,20-21H,6-7,9,12,17,19H2,1-5H3,(H,29,33)/t20-,21-/m1/s1. The molecule has 0 aliphatic heterocycles. The van der Waals surface area contributed by atoms with E-state index < -0.39 is 16.1 Å². The van der Waals surface area contributed by atoms with E-state index in [1.807, 2.05) is 45.0 Å². The Hall–Kier alpha value is -2.59. The highest BCUT2D eigenvalue weighted by Gasteiger charge is 2.27. The molecule has 2 rings (SSSR count). The molecule has 0 unspecified atom stereocenters. The summed E-state index contributed by atoms with van der Waals surface area (Å²) in [4.78, 5) is 27.8. The number of sulfonamides is 1. The number of amides is 2. The molecule has 37 heavy (non-hydrogen) atoms. The van der Waals surface area contributed by atoms with Crippen molar-refractivity contribution >= 4 is 43.5 Å². The topological polar surface area (TPSA) is 96.0 Å². The van der Waals surface area contributed by atoms with Crippen molar-refractivity contribution in [3.63, 3.8) is 0 Å². The first-order valence-electron chi connectivity index (χ1n) is 12.5. The molecule has 0 aliphatic carbocycles. The highest BCUT2D eigenvalue weighted by Crippen LogP contribution is 2.23. The van der Waals surface area contributed by atoms with Gasteiger partial charge in [0, 0.05) is 30.0 Å². The van der Waals surface area contributed by atoms with Crippen LogP contribution >= 0.6 is 15.9 Å². The maximum Gasteiger partial charge on any atom is 0.242 e. The second-order valence-electron chi connectivity index (χ2n) is 9.01. The largest absolute Gasteiger partial charge is 0.494 e. The molecule has 0 saturated heterocycles. The van der Waals surface area contributed by atoms with E-state index in [9.17, 15) is 18.0 Å². The predicted molar refractivity (Wildman–Crippen MR) is 151 cm³/mol. The molecule has 2 aromatic carbocycles. The molecular weight excluding hydrogens is 558 g/mol. The molecule has 10 heteroatoms. The molecule has 1 N–H and O–H groups in total. The van der Waals surface area contributed by atoms with Crippen molar-refractivity contribution in [1.29, 1.82) is 0 Å². The van der Waals surface area contributed by atoms with E-state index in [1.54, 1.807) is 36.1 Å². The maximum atomic E-state index is 13.4. The fraction of sp³-hybridized carbons (Fsp3) is 0.481. The van der Waals surface area contributed by atoms with Gasteiger partial charge in [0.2, 0.25) is 21.8 Å². The van der Waals surface area contributed by atoms with Crippen molar-refractivity contribution in [2.24, 2.45) is 0 Å². The van der Waals surface area contributed by atoms with Crippen LogP contribution in [0.25, 0.3) is 0 Å². The van der Waals surface area contributed by atoms with Gasteiger partial charge in [0.15, 0.2) is 0 Å². The van der Waals surface area contributed by atoms with Crippen LogP contribution in [-0.4, -0.2) is 56.6 Å². The van der Waals surface area contributed by atoms with E-state index in [1.165, 1.54) is 4.31 Å². The minimum absolute atomic E-state index is 0.00444. The van der Waals surface area contributed by atoms with Crippen molar-refractivity contribution in [2.45, 2.75) is 65.6 Å². The SMILES string of the molecule is CCOc1ccc(N(CCCC(=O)N(Cc2cccc(Br)c2)[C@H](C)C(=O)N[C@H](C)CC)S(C)(=O)=O)cc1. The van der Waals surface area contributed by atoms with Crippen LogP contribution in [0.4, 0.5) is 5.69 Å². The monoisotopic (exact) mass is 595 g/mol. The summed E-state index contributed by atoms with van der Waals surface area (Å²) in [5.41, 5.74) is 1.39. The Morgan fingerprint density at radius 3 is 2.32 bits per heavy atom. The van der Waals surface area contributed by atoms with Crippen LogP contribution in [0.15, 0.2) is 53.0 Å². The third-order valence-electron chi connectivity index (χ3n) is 6.00. The number of nitrogens with zero attached hydrogens (tertiary/aromatic N) is 2. The number of carbonyl (C=O) groups is 2. The minimum atomic E-state index is -3.56. The molecule has 0 heterocycles. The normalized spacial score (nSPS) is 12.9. The average molecular weight is 597 g/mol. The van der Waals surface area contributed by atoms with E-state index in [-0.39, 0.29) is 37.4 Å². The molecule has 2 amide bonds. The zero-order chi connectivity index (χ0) is 27.6. The molecule has 8 nitrogen and oxygen atoms in total. The number of benzene rings is 2. The number of ether oxygens (including phenoxy) is 1. The Balaban J connectivity index is 2.16. The molecule has 204 valence electrons. The second kappa shape index (κ2) is 14.4. The van der Waals surface area contributed by atoms with Crippen LogP contribution in [-0.2, 0) is 26.2 Å².